The van der Waals surface area contributed by atoms with Gasteiger partial charge in [-0.25, -0.2) is 0 Å². The molecule has 1 atom stereocenters. The van der Waals surface area contributed by atoms with Crippen LogP contribution in [0.25, 0.3) is 0 Å². The lowest BCUT2D eigenvalue weighted by Gasteiger charge is -2.30. The van der Waals surface area contributed by atoms with E-state index in [-0.39, 0.29) is 5.91 Å². The molecule has 0 aliphatic carbocycles. The first-order valence-electron chi connectivity index (χ1n) is 7.17. The number of carboxylic acids is 1. The average Bonchev–Trinajstić information content (AvgIpc) is 2.55. The highest BCUT2D eigenvalue weighted by Crippen LogP contribution is 2.19. The SMILES string of the molecule is N#Cc1ccc(CSCC(=O)N2CCCC(C(=O)O)C2)cc1. The fourth-order valence-corrected chi connectivity index (χ4v) is 3.32. The fraction of sp³-hybridized carbons (Fsp3) is 0.438. The summed E-state index contributed by atoms with van der Waals surface area (Å²) in [6, 6.07) is 9.37. The molecule has 1 N–H and O–H groups in total. The number of benzene rings is 1. The van der Waals surface area contributed by atoms with Crippen molar-refractivity contribution in [2.75, 3.05) is 18.8 Å². The first-order valence-corrected chi connectivity index (χ1v) is 8.33. The maximum Gasteiger partial charge on any atom is 0.308 e. The van der Waals surface area contributed by atoms with Gasteiger partial charge in [0.2, 0.25) is 5.91 Å². The van der Waals surface area contributed by atoms with Gasteiger partial charge in [0, 0.05) is 18.8 Å². The van der Waals surface area contributed by atoms with Gasteiger partial charge < -0.3 is 10.0 Å². The van der Waals surface area contributed by atoms with E-state index in [2.05, 4.69) is 6.07 Å². The molecular weight excluding hydrogens is 300 g/mol. The van der Waals surface area contributed by atoms with Crippen molar-refractivity contribution < 1.29 is 14.7 Å². The topological polar surface area (TPSA) is 81.4 Å². The first kappa shape index (κ1) is 16.4. The fourth-order valence-electron chi connectivity index (χ4n) is 2.43. The van der Waals surface area contributed by atoms with Gasteiger partial charge in [-0.2, -0.15) is 5.26 Å². The van der Waals surface area contributed by atoms with Gasteiger partial charge in [-0.1, -0.05) is 12.1 Å². The molecule has 0 radical (unpaired) electrons. The van der Waals surface area contributed by atoms with E-state index in [1.807, 2.05) is 12.1 Å². The predicted octanol–water partition coefficient (Wildman–Crippen LogP) is 2.11. The van der Waals surface area contributed by atoms with Crippen LogP contribution in [0.15, 0.2) is 24.3 Å². The number of rotatable bonds is 5. The summed E-state index contributed by atoms with van der Waals surface area (Å²) in [5.74, 6) is -0.187. The van der Waals surface area contributed by atoms with Crippen molar-refractivity contribution in [2.24, 2.45) is 5.92 Å². The molecule has 1 amide bonds. The van der Waals surface area contributed by atoms with Gasteiger partial charge in [0.25, 0.3) is 0 Å². The molecule has 1 aromatic rings. The van der Waals surface area contributed by atoms with Crippen molar-refractivity contribution in [3.05, 3.63) is 35.4 Å². The van der Waals surface area contributed by atoms with Gasteiger partial charge in [0.15, 0.2) is 0 Å². The average molecular weight is 318 g/mol. The Balaban J connectivity index is 1.77. The molecule has 2 rings (SSSR count). The molecule has 1 aliphatic rings. The Labute approximate surface area is 133 Å². The van der Waals surface area contributed by atoms with Crippen LogP contribution in [0.2, 0.25) is 0 Å². The van der Waals surface area contributed by atoms with E-state index >= 15 is 0 Å². The smallest absolute Gasteiger partial charge is 0.308 e. The van der Waals surface area contributed by atoms with Crippen molar-refractivity contribution in [1.82, 2.24) is 4.90 Å². The van der Waals surface area contributed by atoms with E-state index in [1.165, 1.54) is 11.8 Å². The summed E-state index contributed by atoms with van der Waals surface area (Å²) in [5, 5.41) is 17.8. The first-order chi connectivity index (χ1) is 10.6. The highest BCUT2D eigenvalue weighted by molar-refractivity contribution is 7.99. The zero-order valence-corrected chi connectivity index (χ0v) is 13.0. The lowest BCUT2D eigenvalue weighted by molar-refractivity contribution is -0.145. The van der Waals surface area contributed by atoms with Crippen LogP contribution in [-0.2, 0) is 15.3 Å². The molecule has 6 heteroatoms. The van der Waals surface area contributed by atoms with E-state index in [1.54, 1.807) is 17.0 Å². The van der Waals surface area contributed by atoms with Crippen LogP contribution >= 0.6 is 11.8 Å². The molecule has 1 fully saturated rings. The van der Waals surface area contributed by atoms with Crippen LogP contribution in [0.1, 0.15) is 24.0 Å². The number of nitrogens with zero attached hydrogens (tertiary/aromatic N) is 2. The maximum absolute atomic E-state index is 12.1. The second-order valence-electron chi connectivity index (χ2n) is 5.32. The van der Waals surface area contributed by atoms with Crippen LogP contribution in [-0.4, -0.2) is 40.7 Å². The minimum absolute atomic E-state index is 0.00425. The van der Waals surface area contributed by atoms with E-state index in [9.17, 15) is 9.59 Å². The van der Waals surface area contributed by atoms with Crippen molar-refractivity contribution in [3.8, 4) is 6.07 Å². The van der Waals surface area contributed by atoms with Gasteiger partial charge in [-0.15, -0.1) is 11.8 Å². The molecule has 22 heavy (non-hydrogen) atoms. The van der Waals surface area contributed by atoms with Gasteiger partial charge >= 0.3 is 5.97 Å². The number of carbonyl (C=O) groups excluding carboxylic acids is 1. The molecule has 0 spiro atoms. The van der Waals surface area contributed by atoms with Gasteiger partial charge in [-0.3, -0.25) is 9.59 Å². The number of carbonyl (C=O) groups is 2. The quantitative estimate of drug-likeness (QED) is 0.899. The summed E-state index contributed by atoms with van der Waals surface area (Å²) >= 11 is 1.51. The lowest BCUT2D eigenvalue weighted by Crippen LogP contribution is -2.43. The summed E-state index contributed by atoms with van der Waals surface area (Å²) in [6.07, 6.45) is 1.40. The third-order valence-corrected chi connectivity index (χ3v) is 4.69. The predicted molar refractivity (Wildman–Crippen MR) is 84.3 cm³/mol. The number of thioether (sulfide) groups is 1. The Kier molecular flexibility index (Phi) is 5.84. The van der Waals surface area contributed by atoms with Crippen LogP contribution in [0.4, 0.5) is 0 Å². The van der Waals surface area contributed by atoms with Crippen LogP contribution in [0.5, 0.6) is 0 Å². The van der Waals surface area contributed by atoms with E-state index in [4.69, 9.17) is 10.4 Å². The molecule has 0 saturated carbocycles. The van der Waals surface area contributed by atoms with E-state index < -0.39 is 11.9 Å². The second-order valence-corrected chi connectivity index (χ2v) is 6.30. The van der Waals surface area contributed by atoms with Gasteiger partial charge in [0.05, 0.1) is 23.3 Å². The molecule has 116 valence electrons. The third kappa shape index (κ3) is 4.50. The number of carboxylic acid groups (broad SMARTS) is 1. The summed E-state index contributed by atoms with van der Waals surface area (Å²) in [4.78, 5) is 24.8. The van der Waals surface area contributed by atoms with E-state index in [0.29, 0.717) is 36.6 Å². The number of amides is 1. The molecule has 1 aromatic carbocycles. The van der Waals surface area contributed by atoms with Gasteiger partial charge in [-0.05, 0) is 30.5 Å². The minimum atomic E-state index is -0.817. The van der Waals surface area contributed by atoms with Crippen molar-refractivity contribution in [3.63, 3.8) is 0 Å². The number of hydrogen-bond donors (Lipinski definition) is 1. The van der Waals surface area contributed by atoms with Crippen molar-refractivity contribution in [2.45, 2.75) is 18.6 Å². The second kappa shape index (κ2) is 7.85. The standard InChI is InChI=1S/C16H18N2O3S/c17-8-12-3-5-13(6-4-12)10-22-11-15(19)18-7-1-2-14(9-18)16(20)21/h3-6,14H,1-2,7,9-11H2,(H,20,21). The number of piperidine rings is 1. The van der Waals surface area contributed by atoms with Crippen LogP contribution < -0.4 is 0 Å². The largest absolute Gasteiger partial charge is 0.481 e. The zero-order chi connectivity index (χ0) is 15.9. The molecule has 1 heterocycles. The van der Waals surface area contributed by atoms with E-state index in [0.717, 1.165) is 12.0 Å². The van der Waals surface area contributed by atoms with Crippen LogP contribution in [0.3, 0.4) is 0 Å². The van der Waals surface area contributed by atoms with Crippen molar-refractivity contribution >= 4 is 23.6 Å². The molecule has 1 unspecified atom stereocenters. The lowest BCUT2D eigenvalue weighted by atomic mass is 9.98. The van der Waals surface area contributed by atoms with Gasteiger partial charge in [0.1, 0.15) is 0 Å². The Hall–Kier alpha value is -2.00. The summed E-state index contributed by atoms with van der Waals surface area (Å²) in [5.41, 5.74) is 1.69. The van der Waals surface area contributed by atoms with Crippen molar-refractivity contribution in [1.29, 1.82) is 5.26 Å². The van der Waals surface area contributed by atoms with Crippen LogP contribution in [0, 0.1) is 17.2 Å². The normalized spacial score (nSPS) is 17.8. The highest BCUT2D eigenvalue weighted by atomic mass is 32.2. The maximum atomic E-state index is 12.1. The molecule has 0 aromatic heterocycles. The molecule has 5 nitrogen and oxygen atoms in total. The molecule has 1 aliphatic heterocycles. The number of hydrogen-bond acceptors (Lipinski definition) is 4. The summed E-state index contributed by atoms with van der Waals surface area (Å²) in [7, 11) is 0. The Bertz CT molecular complexity index is 580. The molecular formula is C16H18N2O3S. The number of nitriles is 1. The Morgan fingerprint density at radius 3 is 2.73 bits per heavy atom. The number of aliphatic carboxylic acids is 1. The highest BCUT2D eigenvalue weighted by Gasteiger charge is 2.27. The summed E-state index contributed by atoms with van der Waals surface area (Å²) < 4.78 is 0. The number of likely N-dealkylation sites (tertiary alicyclic amines) is 1. The minimum Gasteiger partial charge on any atom is -0.481 e. The Morgan fingerprint density at radius 1 is 1.36 bits per heavy atom. The molecule has 0 bridgehead atoms. The third-order valence-electron chi connectivity index (χ3n) is 3.70. The summed E-state index contributed by atoms with van der Waals surface area (Å²) in [6.45, 7) is 0.978. The Morgan fingerprint density at radius 2 is 2.09 bits per heavy atom. The monoisotopic (exact) mass is 318 g/mol. The molecule has 1 saturated heterocycles. The zero-order valence-electron chi connectivity index (χ0n) is 12.2.